The number of methoxy groups -OCH3 is 1. The third-order valence-corrected chi connectivity index (χ3v) is 4.55. The molecule has 0 bridgehead atoms. The van der Waals surface area contributed by atoms with Crippen molar-refractivity contribution >= 4 is 0 Å². The Hall–Kier alpha value is -0.160. The molecule has 0 aliphatic carbocycles. The molecule has 100 valence electrons. The van der Waals surface area contributed by atoms with E-state index >= 15 is 0 Å². The van der Waals surface area contributed by atoms with Gasteiger partial charge in [-0.15, -0.1) is 0 Å². The first kappa shape index (κ1) is 13.3. The van der Waals surface area contributed by atoms with Crippen molar-refractivity contribution in [1.82, 2.24) is 9.80 Å². The molecule has 4 heteroatoms. The summed E-state index contributed by atoms with van der Waals surface area (Å²) in [6.45, 7) is 2.11. The third kappa shape index (κ3) is 2.99. The lowest BCUT2D eigenvalue weighted by Gasteiger charge is -2.46. The molecule has 2 aliphatic heterocycles. The molecule has 4 nitrogen and oxygen atoms in total. The Balaban J connectivity index is 2.02. The van der Waals surface area contributed by atoms with Gasteiger partial charge in [0.05, 0.1) is 12.2 Å². The number of hydrogen-bond acceptors (Lipinski definition) is 4. The fraction of sp³-hybridized carbons (Fsp3) is 1.00. The molecule has 4 unspecified atom stereocenters. The van der Waals surface area contributed by atoms with Crippen LogP contribution in [0.2, 0.25) is 0 Å². The molecule has 0 radical (unpaired) electrons. The van der Waals surface area contributed by atoms with Gasteiger partial charge in [0.1, 0.15) is 0 Å². The minimum atomic E-state index is -0.118. The molecule has 2 fully saturated rings. The summed E-state index contributed by atoms with van der Waals surface area (Å²) in [4.78, 5) is 4.85. The summed E-state index contributed by atoms with van der Waals surface area (Å²) < 4.78 is 5.51. The predicted octanol–water partition coefficient (Wildman–Crippen LogP) is 0.551. The number of aliphatic hydroxyl groups excluding tert-OH is 1. The van der Waals surface area contributed by atoms with E-state index in [0.717, 1.165) is 38.8 Å². The second-order valence-corrected chi connectivity index (χ2v) is 5.66. The number of nitrogens with zero attached hydrogens (tertiary/aromatic N) is 2. The second-order valence-electron chi connectivity index (χ2n) is 5.66. The first-order valence-corrected chi connectivity index (χ1v) is 6.73. The molecule has 0 spiro atoms. The van der Waals surface area contributed by atoms with Gasteiger partial charge in [-0.05, 0) is 39.8 Å². The summed E-state index contributed by atoms with van der Waals surface area (Å²) in [5, 5.41) is 9.86. The quantitative estimate of drug-likeness (QED) is 0.767. The van der Waals surface area contributed by atoms with E-state index in [1.165, 1.54) is 0 Å². The van der Waals surface area contributed by atoms with E-state index in [9.17, 15) is 5.11 Å². The van der Waals surface area contributed by atoms with Crippen molar-refractivity contribution < 1.29 is 9.84 Å². The van der Waals surface area contributed by atoms with Gasteiger partial charge >= 0.3 is 0 Å². The van der Waals surface area contributed by atoms with E-state index in [1.807, 2.05) is 7.11 Å². The van der Waals surface area contributed by atoms with E-state index in [2.05, 4.69) is 23.9 Å². The minimum Gasteiger partial charge on any atom is -0.393 e. The normalized spacial score (nSPS) is 41.6. The highest BCUT2D eigenvalue weighted by Crippen LogP contribution is 2.28. The van der Waals surface area contributed by atoms with Crippen molar-refractivity contribution in [3.05, 3.63) is 0 Å². The number of rotatable bonds is 2. The van der Waals surface area contributed by atoms with Crippen LogP contribution in [0.5, 0.6) is 0 Å². The Labute approximate surface area is 105 Å². The van der Waals surface area contributed by atoms with Crippen LogP contribution >= 0.6 is 0 Å². The highest BCUT2D eigenvalue weighted by molar-refractivity contribution is 4.93. The molecular weight excluding hydrogens is 216 g/mol. The fourth-order valence-electron chi connectivity index (χ4n) is 3.29. The molecule has 0 aromatic heterocycles. The molecule has 0 aromatic rings. The third-order valence-electron chi connectivity index (χ3n) is 4.55. The van der Waals surface area contributed by atoms with Crippen LogP contribution in [0.4, 0.5) is 0 Å². The van der Waals surface area contributed by atoms with Gasteiger partial charge in [-0.2, -0.15) is 0 Å². The lowest BCUT2D eigenvalue weighted by molar-refractivity contribution is -0.0342. The van der Waals surface area contributed by atoms with E-state index in [0.29, 0.717) is 18.2 Å². The molecule has 2 heterocycles. The SMILES string of the molecule is COC1CCN(C)C(C2CC(O)CCN2C)C1. The van der Waals surface area contributed by atoms with E-state index in [1.54, 1.807) is 0 Å². The largest absolute Gasteiger partial charge is 0.393 e. The van der Waals surface area contributed by atoms with Crippen molar-refractivity contribution in [3.8, 4) is 0 Å². The van der Waals surface area contributed by atoms with Crippen LogP contribution in [0.15, 0.2) is 0 Å². The summed E-state index contributed by atoms with van der Waals surface area (Å²) in [5.74, 6) is 0. The average Bonchev–Trinajstić information content (AvgIpc) is 2.33. The Morgan fingerprint density at radius 1 is 1.00 bits per heavy atom. The molecule has 4 atom stereocenters. The lowest BCUT2D eigenvalue weighted by Crippen LogP contribution is -2.57. The van der Waals surface area contributed by atoms with Crippen molar-refractivity contribution in [2.45, 2.75) is 50.0 Å². The Morgan fingerprint density at radius 3 is 2.24 bits per heavy atom. The zero-order chi connectivity index (χ0) is 12.4. The Kier molecular flexibility index (Phi) is 4.42. The van der Waals surface area contributed by atoms with Crippen molar-refractivity contribution in [1.29, 1.82) is 0 Å². The van der Waals surface area contributed by atoms with Gasteiger partial charge in [-0.3, -0.25) is 0 Å². The van der Waals surface area contributed by atoms with Crippen LogP contribution in [0.1, 0.15) is 25.7 Å². The van der Waals surface area contributed by atoms with Crippen LogP contribution in [0.25, 0.3) is 0 Å². The fourth-order valence-corrected chi connectivity index (χ4v) is 3.29. The minimum absolute atomic E-state index is 0.118. The van der Waals surface area contributed by atoms with Crippen molar-refractivity contribution in [2.24, 2.45) is 0 Å². The smallest absolute Gasteiger partial charge is 0.0599 e. The molecule has 2 rings (SSSR count). The maximum Gasteiger partial charge on any atom is 0.0599 e. The van der Waals surface area contributed by atoms with Crippen LogP contribution in [-0.2, 0) is 4.74 Å². The molecule has 0 saturated carbocycles. The van der Waals surface area contributed by atoms with Crippen molar-refractivity contribution in [2.75, 3.05) is 34.3 Å². The van der Waals surface area contributed by atoms with Gasteiger partial charge in [0.15, 0.2) is 0 Å². The monoisotopic (exact) mass is 242 g/mol. The Bertz CT molecular complexity index is 250. The summed E-state index contributed by atoms with van der Waals surface area (Å²) in [6.07, 6.45) is 4.31. The summed E-state index contributed by atoms with van der Waals surface area (Å²) in [7, 11) is 6.19. The number of aliphatic hydroxyl groups is 1. The van der Waals surface area contributed by atoms with E-state index in [4.69, 9.17) is 4.74 Å². The Morgan fingerprint density at radius 2 is 1.59 bits per heavy atom. The highest BCUT2D eigenvalue weighted by atomic mass is 16.5. The molecule has 0 aromatic carbocycles. The average molecular weight is 242 g/mol. The maximum absolute atomic E-state index is 9.86. The maximum atomic E-state index is 9.86. The summed E-state index contributed by atoms with van der Waals surface area (Å²) in [5.41, 5.74) is 0. The van der Waals surface area contributed by atoms with Gasteiger partial charge in [-0.1, -0.05) is 0 Å². The molecular formula is C13H26N2O2. The zero-order valence-corrected chi connectivity index (χ0v) is 11.3. The van der Waals surface area contributed by atoms with Gasteiger partial charge < -0.3 is 19.6 Å². The molecule has 2 aliphatic rings. The molecule has 17 heavy (non-hydrogen) atoms. The molecule has 0 amide bonds. The number of likely N-dealkylation sites (tertiary alicyclic amines) is 2. The van der Waals surface area contributed by atoms with Gasteiger partial charge in [0, 0.05) is 32.3 Å². The number of likely N-dealkylation sites (N-methyl/N-ethyl adjacent to an activating group) is 2. The second kappa shape index (κ2) is 5.65. The number of piperidine rings is 2. The van der Waals surface area contributed by atoms with Crippen LogP contribution in [-0.4, -0.2) is 73.5 Å². The highest BCUT2D eigenvalue weighted by Gasteiger charge is 2.37. The summed E-state index contributed by atoms with van der Waals surface area (Å²) in [6, 6.07) is 0.996. The first-order chi connectivity index (χ1) is 8.11. The zero-order valence-electron chi connectivity index (χ0n) is 11.3. The molecule has 1 N–H and O–H groups in total. The standard InChI is InChI=1S/C13H26N2O2/c1-14-6-4-10(16)8-12(14)13-9-11(17-3)5-7-15(13)2/h10-13,16H,4-9H2,1-3H3. The van der Waals surface area contributed by atoms with Gasteiger partial charge in [-0.25, -0.2) is 0 Å². The predicted molar refractivity (Wildman–Crippen MR) is 68.1 cm³/mol. The van der Waals surface area contributed by atoms with Gasteiger partial charge in [0.25, 0.3) is 0 Å². The van der Waals surface area contributed by atoms with Gasteiger partial charge in [0.2, 0.25) is 0 Å². The number of hydrogen-bond donors (Lipinski definition) is 1. The summed E-state index contributed by atoms with van der Waals surface area (Å²) >= 11 is 0. The van der Waals surface area contributed by atoms with Crippen LogP contribution in [0, 0.1) is 0 Å². The number of ether oxygens (including phenoxy) is 1. The molecule has 2 saturated heterocycles. The lowest BCUT2D eigenvalue weighted by atomic mass is 9.87. The first-order valence-electron chi connectivity index (χ1n) is 6.73. The van der Waals surface area contributed by atoms with E-state index < -0.39 is 0 Å². The van der Waals surface area contributed by atoms with Crippen molar-refractivity contribution in [3.63, 3.8) is 0 Å². The topological polar surface area (TPSA) is 35.9 Å². The van der Waals surface area contributed by atoms with Crippen LogP contribution in [0.3, 0.4) is 0 Å². The van der Waals surface area contributed by atoms with Crippen LogP contribution < -0.4 is 0 Å². The van der Waals surface area contributed by atoms with E-state index in [-0.39, 0.29) is 6.10 Å².